The van der Waals surface area contributed by atoms with Crippen LogP contribution in [0, 0.1) is 22.7 Å². The number of hydrogen-bond acceptors (Lipinski definition) is 6. The lowest BCUT2D eigenvalue weighted by molar-refractivity contribution is 1.35. The summed E-state index contributed by atoms with van der Waals surface area (Å²) in [5.74, 6) is 0. The molecule has 0 aliphatic rings. The van der Waals surface area contributed by atoms with Crippen molar-refractivity contribution < 1.29 is 0 Å². The van der Waals surface area contributed by atoms with Crippen LogP contribution in [0.5, 0.6) is 0 Å². The van der Waals surface area contributed by atoms with Gasteiger partial charge < -0.3 is 0 Å². The molecular weight excluding hydrogens is 330 g/mol. The first kappa shape index (κ1) is 14.6. The molecule has 0 bridgehead atoms. The van der Waals surface area contributed by atoms with E-state index < -0.39 is 0 Å². The van der Waals surface area contributed by atoms with Gasteiger partial charge in [-0.1, -0.05) is 6.07 Å². The molecule has 106 valence electrons. The molecule has 0 amide bonds. The molecule has 0 fully saturated rings. The van der Waals surface area contributed by atoms with Crippen LogP contribution in [-0.2, 0) is 0 Å². The van der Waals surface area contributed by atoms with Crippen molar-refractivity contribution in [3.63, 3.8) is 0 Å². The van der Waals surface area contributed by atoms with Crippen LogP contribution in [0.1, 0.15) is 4.88 Å². The van der Waals surface area contributed by atoms with E-state index in [4.69, 9.17) is 0 Å². The molecule has 0 spiro atoms. The average molecular weight is 339 g/mol. The molecule has 0 atom stereocenters. The summed E-state index contributed by atoms with van der Waals surface area (Å²) in [6.07, 6.45) is 0. The van der Waals surface area contributed by atoms with E-state index in [1.807, 2.05) is 69.6 Å². The highest BCUT2D eigenvalue weighted by Crippen LogP contribution is 2.41. The van der Waals surface area contributed by atoms with E-state index in [2.05, 4.69) is 0 Å². The number of hydrogen-bond donors (Lipinski definition) is 0. The Bertz CT molecular complexity index is 795. The van der Waals surface area contributed by atoms with Crippen molar-refractivity contribution in [3.8, 4) is 12.1 Å². The van der Waals surface area contributed by atoms with Crippen LogP contribution in [-0.4, -0.2) is 0 Å². The quantitative estimate of drug-likeness (QED) is 0.592. The first-order valence-electron chi connectivity index (χ1n) is 6.30. The Kier molecular flexibility index (Phi) is 4.36. The molecule has 0 saturated carbocycles. The summed E-state index contributed by atoms with van der Waals surface area (Å²) in [4.78, 5) is 2.89. The summed E-state index contributed by atoms with van der Waals surface area (Å²) in [5.41, 5.74) is 0.758. The topological polar surface area (TPSA) is 50.8 Å². The number of thiophene rings is 3. The molecule has 3 rings (SSSR count). The lowest BCUT2D eigenvalue weighted by Gasteiger charge is -2.23. The molecule has 0 N–H and O–H groups in total. The Morgan fingerprint density at radius 1 is 0.818 bits per heavy atom. The lowest BCUT2D eigenvalue weighted by atomic mass is 10.2. The minimum absolute atomic E-state index is 0.115. The van der Waals surface area contributed by atoms with Gasteiger partial charge in [0, 0.05) is 0 Å². The van der Waals surface area contributed by atoms with Crippen molar-refractivity contribution in [2.45, 2.75) is 0 Å². The molecule has 0 unspecified atom stereocenters. The fourth-order valence-electron chi connectivity index (χ4n) is 2.01. The van der Waals surface area contributed by atoms with Crippen LogP contribution in [0.4, 0.5) is 10.0 Å². The number of rotatable bonds is 4. The maximum Gasteiger partial charge on any atom is 0.155 e. The predicted molar refractivity (Wildman–Crippen MR) is 93.2 cm³/mol. The molecular formula is C16H9N3S3. The van der Waals surface area contributed by atoms with E-state index in [9.17, 15) is 10.5 Å². The Hall–Kier alpha value is -2.38. The van der Waals surface area contributed by atoms with Crippen molar-refractivity contribution in [2.24, 2.45) is 0 Å². The predicted octanol–water partition coefficient (Wildman–Crippen LogP) is 5.47. The van der Waals surface area contributed by atoms with Crippen LogP contribution in [0.2, 0.25) is 0 Å². The largest absolute Gasteiger partial charge is 0.289 e. The Balaban J connectivity index is 2.27. The molecule has 0 aliphatic heterocycles. The van der Waals surface area contributed by atoms with Crippen molar-refractivity contribution in [3.05, 3.63) is 63.0 Å². The number of anilines is 2. The summed E-state index contributed by atoms with van der Waals surface area (Å²) < 4.78 is 0. The molecule has 0 aromatic carbocycles. The average Bonchev–Trinajstić information content (AvgIpc) is 3.30. The second kappa shape index (κ2) is 6.59. The van der Waals surface area contributed by atoms with E-state index in [0.717, 1.165) is 14.9 Å². The molecule has 0 saturated heterocycles. The van der Waals surface area contributed by atoms with Crippen LogP contribution in [0.15, 0.2) is 58.1 Å². The van der Waals surface area contributed by atoms with Gasteiger partial charge in [-0.25, -0.2) is 0 Å². The standard InChI is InChI=1S/C16H9N3S3/c17-10-12(11-18)16(13-4-1-7-20-13)19(14-5-2-8-21-14)15-6-3-9-22-15/h1-9H. The van der Waals surface area contributed by atoms with Gasteiger partial charge in [0.05, 0.1) is 10.6 Å². The van der Waals surface area contributed by atoms with Crippen molar-refractivity contribution in [2.75, 3.05) is 4.90 Å². The molecule has 0 aliphatic carbocycles. The fourth-order valence-corrected chi connectivity index (χ4v) is 4.33. The van der Waals surface area contributed by atoms with Gasteiger partial charge in [0.2, 0.25) is 0 Å². The summed E-state index contributed by atoms with van der Waals surface area (Å²) in [7, 11) is 0. The van der Waals surface area contributed by atoms with Gasteiger partial charge in [-0.2, -0.15) is 10.5 Å². The summed E-state index contributed by atoms with van der Waals surface area (Å²) in [6.45, 7) is 0. The van der Waals surface area contributed by atoms with E-state index in [0.29, 0.717) is 5.70 Å². The highest BCUT2D eigenvalue weighted by atomic mass is 32.1. The molecule has 22 heavy (non-hydrogen) atoms. The monoisotopic (exact) mass is 339 g/mol. The van der Waals surface area contributed by atoms with Crippen LogP contribution >= 0.6 is 34.0 Å². The first-order valence-corrected chi connectivity index (χ1v) is 8.94. The van der Waals surface area contributed by atoms with E-state index in [1.165, 1.54) is 11.3 Å². The normalized spacial score (nSPS) is 9.73. The van der Waals surface area contributed by atoms with E-state index in [1.54, 1.807) is 22.7 Å². The van der Waals surface area contributed by atoms with Gasteiger partial charge in [0.1, 0.15) is 22.1 Å². The Labute approximate surface area is 140 Å². The van der Waals surface area contributed by atoms with Gasteiger partial charge in [-0.05, 0) is 46.5 Å². The van der Waals surface area contributed by atoms with Crippen molar-refractivity contribution in [1.82, 2.24) is 0 Å². The molecule has 0 radical (unpaired) electrons. The van der Waals surface area contributed by atoms with Crippen molar-refractivity contribution >= 4 is 49.7 Å². The summed E-state index contributed by atoms with van der Waals surface area (Å²) in [5, 5.41) is 26.7. The van der Waals surface area contributed by atoms with Crippen LogP contribution < -0.4 is 4.90 Å². The third-order valence-corrected chi connectivity index (χ3v) is 5.47. The highest BCUT2D eigenvalue weighted by molar-refractivity contribution is 7.17. The van der Waals surface area contributed by atoms with Gasteiger partial charge in [0.15, 0.2) is 5.57 Å². The first-order chi connectivity index (χ1) is 10.8. The SMILES string of the molecule is N#CC(C#N)=C(c1cccs1)N(c1cccs1)c1cccs1. The summed E-state index contributed by atoms with van der Waals surface area (Å²) in [6, 6.07) is 15.8. The molecule has 3 aromatic heterocycles. The lowest BCUT2D eigenvalue weighted by Crippen LogP contribution is -2.14. The number of nitrogens with zero attached hydrogens (tertiary/aromatic N) is 3. The van der Waals surface area contributed by atoms with E-state index in [-0.39, 0.29) is 5.57 Å². The molecule has 3 nitrogen and oxygen atoms in total. The van der Waals surface area contributed by atoms with Gasteiger partial charge in [-0.3, -0.25) is 4.90 Å². The Morgan fingerprint density at radius 3 is 1.77 bits per heavy atom. The van der Waals surface area contributed by atoms with Crippen LogP contribution in [0.25, 0.3) is 5.70 Å². The van der Waals surface area contributed by atoms with Gasteiger partial charge in [0.25, 0.3) is 0 Å². The third-order valence-electron chi connectivity index (χ3n) is 2.89. The zero-order valence-electron chi connectivity index (χ0n) is 11.3. The van der Waals surface area contributed by atoms with Gasteiger partial charge in [-0.15, -0.1) is 34.0 Å². The molecule has 3 aromatic rings. The van der Waals surface area contributed by atoms with Crippen LogP contribution in [0.3, 0.4) is 0 Å². The zero-order valence-corrected chi connectivity index (χ0v) is 13.7. The molecule has 3 heterocycles. The maximum atomic E-state index is 9.39. The maximum absolute atomic E-state index is 9.39. The number of allylic oxidation sites excluding steroid dienone is 1. The highest BCUT2D eigenvalue weighted by Gasteiger charge is 2.23. The smallest absolute Gasteiger partial charge is 0.155 e. The second-order valence-electron chi connectivity index (χ2n) is 4.16. The molecule has 6 heteroatoms. The minimum atomic E-state index is 0.115. The number of nitriles is 2. The van der Waals surface area contributed by atoms with Crippen molar-refractivity contribution in [1.29, 1.82) is 10.5 Å². The fraction of sp³-hybridized carbons (Fsp3) is 0. The Morgan fingerprint density at radius 2 is 1.36 bits per heavy atom. The van der Waals surface area contributed by atoms with Gasteiger partial charge >= 0.3 is 0 Å². The summed E-state index contributed by atoms with van der Waals surface area (Å²) >= 11 is 4.68. The minimum Gasteiger partial charge on any atom is -0.289 e. The second-order valence-corrected chi connectivity index (χ2v) is 6.96. The third kappa shape index (κ3) is 2.68. The van der Waals surface area contributed by atoms with E-state index >= 15 is 0 Å². The zero-order chi connectivity index (χ0) is 15.4.